The molecule has 0 aliphatic carbocycles. The maximum atomic E-state index is 14.5. The summed E-state index contributed by atoms with van der Waals surface area (Å²) in [6, 6.07) is 11.6. The highest BCUT2D eigenvalue weighted by molar-refractivity contribution is 7.14. The standard InChI is InChI=1S/C22H17FN6OS/c1-13(2)29-20(15-7-3-4-8-17(15)23)16(11-26-29)21(30)28-22-27-18(12-31-22)19-14(10-24)6-5-9-25-19/h3-9,11-13H,1-2H3,(H,27,28,30). The van der Waals surface area contributed by atoms with Crippen LogP contribution in [0.4, 0.5) is 9.52 Å². The molecule has 1 N–H and O–H groups in total. The van der Waals surface area contributed by atoms with Gasteiger partial charge in [-0.2, -0.15) is 10.4 Å². The number of nitrogens with zero attached hydrogens (tertiary/aromatic N) is 5. The molecule has 7 nitrogen and oxygen atoms in total. The van der Waals surface area contributed by atoms with E-state index in [9.17, 15) is 14.4 Å². The summed E-state index contributed by atoms with van der Waals surface area (Å²) in [6.07, 6.45) is 3.01. The second-order valence-electron chi connectivity index (χ2n) is 6.93. The van der Waals surface area contributed by atoms with Crippen LogP contribution in [0.2, 0.25) is 0 Å². The predicted molar refractivity (Wildman–Crippen MR) is 116 cm³/mol. The summed E-state index contributed by atoms with van der Waals surface area (Å²) >= 11 is 1.21. The number of thiazole rings is 1. The lowest BCUT2D eigenvalue weighted by molar-refractivity contribution is 0.102. The Bertz CT molecular complexity index is 1300. The van der Waals surface area contributed by atoms with Gasteiger partial charge in [0.05, 0.1) is 23.0 Å². The molecule has 3 aromatic heterocycles. The molecule has 0 atom stereocenters. The summed E-state index contributed by atoms with van der Waals surface area (Å²) in [5, 5.41) is 18.4. The van der Waals surface area contributed by atoms with Crippen molar-refractivity contribution in [3.63, 3.8) is 0 Å². The van der Waals surface area contributed by atoms with Crippen LogP contribution in [0.3, 0.4) is 0 Å². The van der Waals surface area contributed by atoms with Crippen molar-refractivity contribution in [3.8, 4) is 28.7 Å². The van der Waals surface area contributed by atoms with E-state index in [1.807, 2.05) is 13.8 Å². The molecule has 9 heteroatoms. The molecule has 4 rings (SSSR count). The monoisotopic (exact) mass is 432 g/mol. The van der Waals surface area contributed by atoms with Crippen LogP contribution in [-0.2, 0) is 0 Å². The minimum Gasteiger partial charge on any atom is -0.298 e. The lowest BCUT2D eigenvalue weighted by Crippen LogP contribution is -2.14. The summed E-state index contributed by atoms with van der Waals surface area (Å²) in [7, 11) is 0. The lowest BCUT2D eigenvalue weighted by Gasteiger charge is -2.13. The first kappa shape index (κ1) is 20.4. The third-order valence-electron chi connectivity index (χ3n) is 4.55. The zero-order valence-corrected chi connectivity index (χ0v) is 17.5. The normalized spacial score (nSPS) is 10.8. The molecule has 1 aromatic carbocycles. The number of hydrogen-bond acceptors (Lipinski definition) is 6. The molecule has 31 heavy (non-hydrogen) atoms. The van der Waals surface area contributed by atoms with Crippen LogP contribution < -0.4 is 5.32 Å². The van der Waals surface area contributed by atoms with Gasteiger partial charge in [-0.1, -0.05) is 12.1 Å². The second kappa shape index (κ2) is 8.45. The van der Waals surface area contributed by atoms with E-state index >= 15 is 0 Å². The maximum absolute atomic E-state index is 14.5. The number of aromatic nitrogens is 4. The number of nitrogens with one attached hydrogen (secondary N) is 1. The zero-order chi connectivity index (χ0) is 22.0. The van der Waals surface area contributed by atoms with E-state index in [1.165, 1.54) is 23.6 Å². The number of halogens is 1. The lowest BCUT2D eigenvalue weighted by atomic mass is 10.1. The molecular weight excluding hydrogens is 415 g/mol. The first-order valence-corrected chi connectivity index (χ1v) is 10.3. The average molecular weight is 432 g/mol. The van der Waals surface area contributed by atoms with Crippen molar-refractivity contribution in [1.29, 1.82) is 5.26 Å². The van der Waals surface area contributed by atoms with Gasteiger partial charge in [0.25, 0.3) is 5.91 Å². The van der Waals surface area contributed by atoms with E-state index in [4.69, 9.17) is 0 Å². The molecule has 0 aliphatic heterocycles. The van der Waals surface area contributed by atoms with E-state index in [1.54, 1.807) is 46.6 Å². The van der Waals surface area contributed by atoms with Gasteiger partial charge in [0.1, 0.15) is 23.3 Å². The van der Waals surface area contributed by atoms with Crippen LogP contribution in [0.15, 0.2) is 54.2 Å². The van der Waals surface area contributed by atoms with Gasteiger partial charge in [-0.05, 0) is 38.1 Å². The zero-order valence-electron chi connectivity index (χ0n) is 16.7. The number of benzene rings is 1. The smallest absolute Gasteiger partial charge is 0.261 e. The molecule has 0 radical (unpaired) electrons. The topological polar surface area (TPSA) is 96.5 Å². The molecule has 0 bridgehead atoms. The summed E-state index contributed by atoms with van der Waals surface area (Å²) < 4.78 is 16.1. The average Bonchev–Trinajstić information content (AvgIpc) is 3.41. The Morgan fingerprint density at radius 2 is 2.06 bits per heavy atom. The SMILES string of the molecule is CC(C)n1ncc(C(=O)Nc2nc(-c3ncccc3C#N)cs2)c1-c1ccccc1F. The van der Waals surface area contributed by atoms with Gasteiger partial charge < -0.3 is 0 Å². The fraction of sp³-hybridized carbons (Fsp3) is 0.136. The van der Waals surface area contributed by atoms with Gasteiger partial charge in [0.2, 0.25) is 0 Å². The van der Waals surface area contributed by atoms with Crippen molar-refractivity contribution in [2.45, 2.75) is 19.9 Å². The number of amides is 1. The molecule has 0 saturated carbocycles. The minimum absolute atomic E-state index is 0.0730. The van der Waals surface area contributed by atoms with Crippen molar-refractivity contribution in [3.05, 3.63) is 71.1 Å². The minimum atomic E-state index is -0.451. The molecule has 0 fully saturated rings. The highest BCUT2D eigenvalue weighted by Crippen LogP contribution is 2.30. The Morgan fingerprint density at radius 1 is 1.26 bits per heavy atom. The van der Waals surface area contributed by atoms with Crippen molar-refractivity contribution < 1.29 is 9.18 Å². The third kappa shape index (κ3) is 3.93. The van der Waals surface area contributed by atoms with E-state index < -0.39 is 11.7 Å². The summed E-state index contributed by atoms with van der Waals surface area (Å²) in [5.74, 6) is -0.887. The number of anilines is 1. The number of carbonyl (C=O) groups excluding carboxylic acids is 1. The van der Waals surface area contributed by atoms with Gasteiger partial charge in [-0.3, -0.25) is 19.8 Å². The molecular formula is C22H17FN6OS. The highest BCUT2D eigenvalue weighted by Gasteiger charge is 2.23. The van der Waals surface area contributed by atoms with E-state index in [0.29, 0.717) is 33.3 Å². The van der Waals surface area contributed by atoms with Gasteiger partial charge >= 0.3 is 0 Å². The van der Waals surface area contributed by atoms with Crippen molar-refractivity contribution in [2.24, 2.45) is 0 Å². The number of carbonyl (C=O) groups is 1. The van der Waals surface area contributed by atoms with Crippen LogP contribution in [0, 0.1) is 17.1 Å². The predicted octanol–water partition coefficient (Wildman–Crippen LogP) is 4.91. The first-order chi connectivity index (χ1) is 15.0. The molecule has 0 aliphatic rings. The second-order valence-corrected chi connectivity index (χ2v) is 7.79. The van der Waals surface area contributed by atoms with E-state index in [-0.39, 0.29) is 11.6 Å². The molecule has 0 saturated heterocycles. The van der Waals surface area contributed by atoms with E-state index in [2.05, 4.69) is 26.5 Å². The Morgan fingerprint density at radius 3 is 2.81 bits per heavy atom. The largest absolute Gasteiger partial charge is 0.298 e. The van der Waals surface area contributed by atoms with Gasteiger partial charge in [0.15, 0.2) is 5.13 Å². The molecule has 1 amide bonds. The van der Waals surface area contributed by atoms with Crippen molar-refractivity contribution in [2.75, 3.05) is 5.32 Å². The molecule has 3 heterocycles. The van der Waals surface area contributed by atoms with Crippen LogP contribution >= 0.6 is 11.3 Å². The fourth-order valence-electron chi connectivity index (χ4n) is 3.15. The Kier molecular flexibility index (Phi) is 5.56. The van der Waals surface area contributed by atoms with Crippen LogP contribution in [-0.4, -0.2) is 25.7 Å². The maximum Gasteiger partial charge on any atom is 0.261 e. The number of rotatable bonds is 5. The van der Waals surface area contributed by atoms with Gasteiger partial charge in [-0.25, -0.2) is 9.37 Å². The van der Waals surface area contributed by atoms with Crippen LogP contribution in [0.25, 0.3) is 22.6 Å². The first-order valence-electron chi connectivity index (χ1n) is 9.44. The number of nitriles is 1. The molecule has 0 spiro atoms. The van der Waals surface area contributed by atoms with Gasteiger partial charge in [0, 0.05) is 23.2 Å². The van der Waals surface area contributed by atoms with Crippen molar-refractivity contribution in [1.82, 2.24) is 19.7 Å². The Balaban J connectivity index is 1.67. The van der Waals surface area contributed by atoms with Gasteiger partial charge in [-0.15, -0.1) is 11.3 Å². The van der Waals surface area contributed by atoms with Crippen LogP contribution in [0.5, 0.6) is 0 Å². The molecule has 4 aromatic rings. The van der Waals surface area contributed by atoms with Crippen molar-refractivity contribution >= 4 is 22.4 Å². The number of hydrogen-bond donors (Lipinski definition) is 1. The Labute approximate surface area is 181 Å². The summed E-state index contributed by atoms with van der Waals surface area (Å²) in [5.41, 5.74) is 2.27. The summed E-state index contributed by atoms with van der Waals surface area (Å²) in [6.45, 7) is 3.82. The Hall–Kier alpha value is -3.90. The van der Waals surface area contributed by atoms with E-state index in [0.717, 1.165) is 0 Å². The quantitative estimate of drug-likeness (QED) is 0.483. The molecule has 0 unspecified atom stereocenters. The number of pyridine rings is 1. The molecule has 154 valence electrons. The third-order valence-corrected chi connectivity index (χ3v) is 5.31. The highest BCUT2D eigenvalue weighted by atomic mass is 32.1. The fourth-order valence-corrected chi connectivity index (χ4v) is 3.84. The summed E-state index contributed by atoms with van der Waals surface area (Å²) in [4.78, 5) is 21.6. The van der Waals surface area contributed by atoms with Crippen LogP contribution in [0.1, 0.15) is 35.8 Å².